The Morgan fingerprint density at radius 1 is 1.47 bits per heavy atom. The number of carbonyl (C=O) groups excluding carboxylic acids is 1. The molecule has 1 atom stereocenters. The topological polar surface area (TPSA) is 63.6 Å². The highest BCUT2D eigenvalue weighted by atomic mass is 31.1. The van der Waals surface area contributed by atoms with Crippen molar-refractivity contribution in [2.24, 2.45) is 0 Å². The van der Waals surface area contributed by atoms with Gasteiger partial charge >= 0.3 is 5.97 Å². The van der Waals surface area contributed by atoms with E-state index in [4.69, 9.17) is 9.63 Å². The van der Waals surface area contributed by atoms with Gasteiger partial charge in [-0.15, -0.1) is 0 Å². The molecule has 0 saturated carbocycles. The average molecular weight is 234 g/mol. The van der Waals surface area contributed by atoms with Gasteiger partial charge in [0.05, 0.1) is 0 Å². The summed E-state index contributed by atoms with van der Waals surface area (Å²) in [6, 6.07) is 0. The quantitative estimate of drug-likeness (QED) is 0.449. The van der Waals surface area contributed by atoms with E-state index in [1.807, 2.05) is 0 Å². The molecule has 0 aromatic rings. The first-order chi connectivity index (χ1) is 6.60. The van der Waals surface area contributed by atoms with Crippen LogP contribution in [0.5, 0.6) is 0 Å². The third-order valence-corrected chi connectivity index (χ3v) is 3.32. The van der Waals surface area contributed by atoms with Crippen molar-refractivity contribution in [3.63, 3.8) is 0 Å². The van der Waals surface area contributed by atoms with Gasteiger partial charge in [0.2, 0.25) is 0 Å². The highest BCUT2D eigenvalue weighted by molar-refractivity contribution is 7.39. The third kappa shape index (κ3) is 5.14. The molecule has 5 heteroatoms. The number of carbonyl (C=O) groups is 1. The molecule has 0 aromatic carbocycles. The Morgan fingerprint density at radius 3 is 2.27 bits per heavy atom. The van der Waals surface area contributed by atoms with Gasteiger partial charge in [-0.1, -0.05) is 20.4 Å². The normalized spacial score (nSPS) is 14.5. The minimum atomic E-state index is -2.65. The Bertz CT molecular complexity index is 281. The maximum Gasteiger partial charge on any atom is 0.330 e. The van der Waals surface area contributed by atoms with Crippen molar-refractivity contribution >= 4 is 14.0 Å². The molecule has 0 fully saturated rings. The maximum absolute atomic E-state index is 11.1. The molecule has 0 aliphatic carbocycles. The zero-order valence-electron chi connectivity index (χ0n) is 9.66. The van der Waals surface area contributed by atoms with E-state index >= 15 is 0 Å². The largest absolute Gasteiger partial charge is 0.456 e. The Morgan fingerprint density at radius 2 is 1.93 bits per heavy atom. The van der Waals surface area contributed by atoms with Crippen LogP contribution in [0.3, 0.4) is 0 Å². The first-order valence-electron chi connectivity index (χ1n) is 4.69. The SMILES string of the molecule is C=CC(=O)OC(C)(C)CC(C)(C)[PH](=O)O. The molecule has 0 heterocycles. The zero-order valence-corrected chi connectivity index (χ0v) is 10.7. The lowest BCUT2D eigenvalue weighted by atomic mass is 9.95. The molecule has 1 unspecified atom stereocenters. The lowest BCUT2D eigenvalue weighted by molar-refractivity contribution is -0.151. The molecule has 0 aliphatic rings. The van der Waals surface area contributed by atoms with Crippen LogP contribution in [0.1, 0.15) is 34.1 Å². The molecule has 0 bridgehead atoms. The standard InChI is InChI=1S/C10H19O4P/c1-6-8(11)14-9(2,3)7-10(4,5)15(12)13/h6,15H,1,7H2,2-5H3,(H,12,13). The molecular weight excluding hydrogens is 215 g/mol. The van der Waals surface area contributed by atoms with Crippen molar-refractivity contribution in [3.05, 3.63) is 12.7 Å². The number of rotatable bonds is 5. The highest BCUT2D eigenvalue weighted by Gasteiger charge is 2.34. The summed E-state index contributed by atoms with van der Waals surface area (Å²) in [5.41, 5.74) is -0.766. The summed E-state index contributed by atoms with van der Waals surface area (Å²) < 4.78 is 16.2. The van der Waals surface area contributed by atoms with Gasteiger partial charge in [0.25, 0.3) is 0 Å². The molecule has 1 N–H and O–H groups in total. The number of hydrogen-bond donors (Lipinski definition) is 1. The summed E-state index contributed by atoms with van der Waals surface area (Å²) in [6.07, 6.45) is 1.41. The van der Waals surface area contributed by atoms with Crippen LogP contribution in [-0.4, -0.2) is 21.6 Å². The monoisotopic (exact) mass is 234 g/mol. The summed E-state index contributed by atoms with van der Waals surface area (Å²) in [4.78, 5) is 20.1. The van der Waals surface area contributed by atoms with E-state index in [-0.39, 0.29) is 0 Å². The summed E-state index contributed by atoms with van der Waals surface area (Å²) in [5, 5.41) is -0.740. The fraction of sp³-hybridized carbons (Fsp3) is 0.700. The highest BCUT2D eigenvalue weighted by Crippen LogP contribution is 2.41. The van der Waals surface area contributed by atoms with E-state index in [1.54, 1.807) is 27.7 Å². The van der Waals surface area contributed by atoms with Crippen molar-refractivity contribution < 1.29 is 19.0 Å². The maximum atomic E-state index is 11.1. The summed E-state index contributed by atoms with van der Waals surface area (Å²) in [7, 11) is -2.65. The number of esters is 1. The predicted octanol–water partition coefficient (Wildman–Crippen LogP) is 2.13. The van der Waals surface area contributed by atoms with Gasteiger partial charge in [0.15, 0.2) is 8.03 Å². The molecule has 0 spiro atoms. The van der Waals surface area contributed by atoms with Gasteiger partial charge in [0, 0.05) is 17.7 Å². The average Bonchev–Trinajstić information content (AvgIpc) is 2.00. The smallest absolute Gasteiger partial charge is 0.330 e. The fourth-order valence-electron chi connectivity index (χ4n) is 1.49. The molecule has 4 nitrogen and oxygen atoms in total. The Kier molecular flexibility index (Phi) is 4.75. The van der Waals surface area contributed by atoms with E-state index < -0.39 is 24.8 Å². The molecule has 0 amide bonds. The van der Waals surface area contributed by atoms with Crippen molar-refractivity contribution in [1.82, 2.24) is 0 Å². The molecule has 0 saturated heterocycles. The number of ether oxygens (including phenoxy) is 1. The predicted molar refractivity (Wildman–Crippen MR) is 60.3 cm³/mol. The molecule has 0 aromatic heterocycles. The van der Waals surface area contributed by atoms with Gasteiger partial charge in [0.1, 0.15) is 5.60 Å². The molecular formula is C10H19O4P. The van der Waals surface area contributed by atoms with E-state index in [0.717, 1.165) is 6.08 Å². The first-order valence-corrected chi connectivity index (χ1v) is 6.05. The fourth-order valence-corrected chi connectivity index (χ4v) is 2.07. The van der Waals surface area contributed by atoms with Gasteiger partial charge in [-0.25, -0.2) is 4.79 Å². The van der Waals surface area contributed by atoms with Gasteiger partial charge in [-0.3, -0.25) is 4.57 Å². The van der Waals surface area contributed by atoms with Crippen LogP contribution in [0.4, 0.5) is 0 Å². The van der Waals surface area contributed by atoms with Crippen LogP contribution in [0, 0.1) is 0 Å². The molecule has 88 valence electrons. The van der Waals surface area contributed by atoms with Gasteiger partial charge < -0.3 is 9.63 Å². The van der Waals surface area contributed by atoms with Crippen LogP contribution in [0.25, 0.3) is 0 Å². The van der Waals surface area contributed by atoms with Crippen molar-refractivity contribution in [1.29, 1.82) is 0 Å². The molecule has 0 radical (unpaired) electrons. The van der Waals surface area contributed by atoms with Crippen LogP contribution < -0.4 is 0 Å². The molecule has 0 aliphatic heterocycles. The Hall–Kier alpha value is -0.600. The van der Waals surface area contributed by atoms with E-state index in [2.05, 4.69) is 6.58 Å². The van der Waals surface area contributed by atoms with Gasteiger partial charge in [-0.05, 0) is 13.8 Å². The minimum absolute atomic E-state index is 0.327. The summed E-state index contributed by atoms with van der Waals surface area (Å²) in [6.45, 7) is 10.1. The van der Waals surface area contributed by atoms with Crippen LogP contribution in [0.15, 0.2) is 12.7 Å². The van der Waals surface area contributed by atoms with Gasteiger partial charge in [-0.2, -0.15) is 0 Å². The lowest BCUT2D eigenvalue weighted by Crippen LogP contribution is -2.35. The third-order valence-electron chi connectivity index (χ3n) is 1.99. The number of hydrogen-bond acceptors (Lipinski definition) is 3. The summed E-state index contributed by atoms with van der Waals surface area (Å²) >= 11 is 0. The first kappa shape index (κ1) is 14.4. The summed E-state index contributed by atoms with van der Waals surface area (Å²) in [5.74, 6) is -0.520. The van der Waals surface area contributed by atoms with E-state index in [9.17, 15) is 9.36 Å². The second-order valence-corrected chi connectivity index (χ2v) is 6.71. The van der Waals surface area contributed by atoms with Crippen LogP contribution in [-0.2, 0) is 14.1 Å². The van der Waals surface area contributed by atoms with E-state index in [1.165, 1.54) is 0 Å². The van der Waals surface area contributed by atoms with Crippen molar-refractivity contribution in [2.75, 3.05) is 0 Å². The van der Waals surface area contributed by atoms with Crippen LogP contribution in [0.2, 0.25) is 0 Å². The van der Waals surface area contributed by atoms with Crippen molar-refractivity contribution in [2.45, 2.75) is 44.9 Å². The zero-order chi connectivity index (χ0) is 12.3. The van der Waals surface area contributed by atoms with E-state index in [0.29, 0.717) is 6.42 Å². The minimum Gasteiger partial charge on any atom is -0.456 e. The second-order valence-electron chi connectivity index (χ2n) is 4.75. The molecule has 15 heavy (non-hydrogen) atoms. The van der Waals surface area contributed by atoms with Crippen LogP contribution >= 0.6 is 8.03 Å². The second kappa shape index (κ2) is 4.95. The Balaban J connectivity index is 4.56. The molecule has 0 rings (SSSR count). The van der Waals surface area contributed by atoms with Crippen molar-refractivity contribution in [3.8, 4) is 0 Å². The lowest BCUT2D eigenvalue weighted by Gasteiger charge is -2.32. The Labute approximate surface area is 91.2 Å².